The molecule has 0 bridgehead atoms. The van der Waals surface area contributed by atoms with Crippen LogP contribution < -0.4 is 10.6 Å². The third-order valence-corrected chi connectivity index (χ3v) is 5.84. The van der Waals surface area contributed by atoms with E-state index in [0.717, 1.165) is 25.7 Å². The lowest BCUT2D eigenvalue weighted by Gasteiger charge is -2.36. The van der Waals surface area contributed by atoms with Crippen molar-refractivity contribution in [3.63, 3.8) is 0 Å². The van der Waals surface area contributed by atoms with Gasteiger partial charge in [-0.3, -0.25) is 0 Å². The summed E-state index contributed by atoms with van der Waals surface area (Å²) in [6.07, 6.45) is 3.68. The summed E-state index contributed by atoms with van der Waals surface area (Å²) in [7, 11) is -9.28. The van der Waals surface area contributed by atoms with E-state index >= 15 is 0 Å². The number of phosphoric acid groups is 2. The topological polar surface area (TPSA) is 126 Å². The van der Waals surface area contributed by atoms with Crippen LogP contribution in [-0.4, -0.2) is 27.9 Å². The van der Waals surface area contributed by atoms with Crippen LogP contribution >= 0.6 is 15.6 Å². The van der Waals surface area contributed by atoms with Crippen molar-refractivity contribution in [3.05, 3.63) is 0 Å². The highest BCUT2D eigenvalue weighted by Gasteiger charge is 2.60. The van der Waals surface area contributed by atoms with Gasteiger partial charge >= 0.3 is 21.7 Å². The van der Waals surface area contributed by atoms with Gasteiger partial charge in [0.2, 0.25) is 0 Å². The second-order valence-corrected chi connectivity index (χ2v) is 7.50. The third-order valence-electron chi connectivity index (χ3n) is 3.21. The molecule has 1 aliphatic carbocycles. The van der Waals surface area contributed by atoms with E-state index in [1.54, 1.807) is 0 Å². The van der Waals surface area contributed by atoms with E-state index in [1.165, 1.54) is 0 Å². The maximum absolute atomic E-state index is 11.4. The highest BCUT2D eigenvalue weighted by atomic mass is 31.3. The molecular weight excluding hydrogens is 286 g/mol. The van der Waals surface area contributed by atoms with Crippen molar-refractivity contribution in [2.45, 2.75) is 43.8 Å². The molecule has 4 N–H and O–H groups in total. The molecule has 104 valence electrons. The predicted molar refractivity (Wildman–Crippen MR) is 58.0 cm³/mol. The minimum absolute atomic E-state index is 0.0307. The molecular formula is C7H14N2O7P2. The molecule has 9 nitrogen and oxygen atoms in total. The Labute approximate surface area is 103 Å². The van der Waals surface area contributed by atoms with Crippen LogP contribution in [0, 0.1) is 0 Å². The van der Waals surface area contributed by atoms with Crippen LogP contribution in [0.4, 0.5) is 0 Å². The van der Waals surface area contributed by atoms with Gasteiger partial charge in [-0.15, -0.1) is 0 Å². The number of hydrogen-bond donors (Lipinski definition) is 4. The molecule has 0 amide bonds. The fraction of sp³-hybridized carbons (Fsp3) is 1.00. The Kier molecular flexibility index (Phi) is 2.99. The lowest BCUT2D eigenvalue weighted by molar-refractivity contribution is -0.186. The normalized spacial score (nSPS) is 56.6. The summed E-state index contributed by atoms with van der Waals surface area (Å²) in [4.78, 5) is 18.6. The molecule has 2 unspecified atom stereocenters. The van der Waals surface area contributed by atoms with Gasteiger partial charge in [0, 0.05) is 12.1 Å². The monoisotopic (exact) mass is 300 g/mol. The number of phosphoric ester groups is 2. The second kappa shape index (κ2) is 4.09. The molecule has 2 heterocycles. The van der Waals surface area contributed by atoms with Gasteiger partial charge in [0.1, 0.15) is 0 Å². The number of fused-ring (bicyclic) bond motifs is 1. The first-order chi connectivity index (χ1) is 8.29. The van der Waals surface area contributed by atoms with Gasteiger partial charge in [-0.1, -0.05) is 12.8 Å². The number of rotatable bonds is 0. The Hall–Kier alpha value is 0.180. The molecule has 1 spiro atoms. The molecule has 2 saturated heterocycles. The number of hydrogen-bond acceptors (Lipinski definition) is 7. The zero-order valence-corrected chi connectivity index (χ0v) is 11.1. The third kappa shape index (κ3) is 2.43. The largest absolute Gasteiger partial charge is 0.485 e. The van der Waals surface area contributed by atoms with Crippen LogP contribution in [0.1, 0.15) is 25.7 Å². The molecule has 0 aromatic heterocycles. The van der Waals surface area contributed by atoms with E-state index in [4.69, 9.17) is 9.05 Å². The highest BCUT2D eigenvalue weighted by Crippen LogP contribution is 2.68. The average Bonchev–Trinajstić information content (AvgIpc) is 2.48. The van der Waals surface area contributed by atoms with Gasteiger partial charge in [-0.2, -0.15) is 4.31 Å². The van der Waals surface area contributed by atoms with Gasteiger partial charge in [-0.05, 0) is 12.8 Å². The summed E-state index contributed by atoms with van der Waals surface area (Å²) in [5, 5.41) is 5.64. The van der Waals surface area contributed by atoms with Gasteiger partial charge in [0.15, 0.2) is 0 Å². The van der Waals surface area contributed by atoms with E-state index in [0.29, 0.717) is 0 Å². The zero-order chi connectivity index (χ0) is 13.0. The van der Waals surface area contributed by atoms with Crippen molar-refractivity contribution in [2.75, 3.05) is 0 Å². The van der Waals surface area contributed by atoms with Crippen molar-refractivity contribution in [2.24, 2.45) is 0 Å². The van der Waals surface area contributed by atoms with Gasteiger partial charge < -0.3 is 9.79 Å². The summed E-state index contributed by atoms with van der Waals surface area (Å²) in [5.74, 6) is 0. The van der Waals surface area contributed by atoms with Crippen LogP contribution in [-0.2, 0) is 22.5 Å². The molecule has 1 saturated carbocycles. The molecule has 0 radical (unpaired) electrons. The van der Waals surface area contributed by atoms with Gasteiger partial charge in [-0.25, -0.2) is 28.8 Å². The van der Waals surface area contributed by atoms with Crippen LogP contribution in [0.15, 0.2) is 0 Å². The fourth-order valence-corrected chi connectivity index (χ4v) is 4.92. The number of nitrogens with one attached hydrogen (secondary N) is 2. The van der Waals surface area contributed by atoms with E-state index in [9.17, 15) is 18.9 Å². The maximum atomic E-state index is 11.4. The molecule has 3 rings (SSSR count). The first-order valence-electron chi connectivity index (χ1n) is 5.63. The molecule has 3 fully saturated rings. The molecule has 11 heteroatoms. The Morgan fingerprint density at radius 2 is 1.44 bits per heavy atom. The average molecular weight is 300 g/mol. The fourth-order valence-electron chi connectivity index (χ4n) is 2.62. The molecule has 3 aliphatic rings. The quantitative estimate of drug-likeness (QED) is 0.469. The Bertz CT molecular complexity index is 417. The van der Waals surface area contributed by atoms with E-state index < -0.39 is 21.7 Å². The first-order valence-corrected chi connectivity index (χ1v) is 8.62. The second-order valence-electron chi connectivity index (χ2n) is 4.60. The van der Waals surface area contributed by atoms with Crippen LogP contribution in [0.5, 0.6) is 0 Å². The minimum atomic E-state index is -4.64. The first kappa shape index (κ1) is 13.2. The molecule has 18 heavy (non-hydrogen) atoms. The van der Waals surface area contributed by atoms with E-state index in [2.05, 4.69) is 14.9 Å². The SMILES string of the molecule is O=P1(O)OC2(N[C@H]3CCCC[C@H]3N2)OP(=O)(O)O1. The Morgan fingerprint density at radius 1 is 1.00 bits per heavy atom. The van der Waals surface area contributed by atoms with Crippen molar-refractivity contribution in [1.82, 2.24) is 10.6 Å². The molecule has 0 aromatic rings. The van der Waals surface area contributed by atoms with E-state index in [1.807, 2.05) is 0 Å². The summed E-state index contributed by atoms with van der Waals surface area (Å²) < 4.78 is 36.4. The van der Waals surface area contributed by atoms with Gasteiger partial charge in [0.05, 0.1) is 0 Å². The van der Waals surface area contributed by atoms with Crippen LogP contribution in [0.25, 0.3) is 0 Å². The summed E-state index contributed by atoms with van der Waals surface area (Å²) in [5.41, 5.74) is 0. The minimum Gasteiger partial charge on any atom is -0.302 e. The summed E-state index contributed by atoms with van der Waals surface area (Å²) in [6, 6.07) is -1.99. The van der Waals surface area contributed by atoms with Crippen molar-refractivity contribution >= 4 is 15.6 Å². The standard InChI is InChI=1S/C7H14N2O7P2/c10-17(11)14-7(15-18(12,13)16-17)8-5-3-1-2-4-6(5)9-7/h5-6,8-9H,1-4H2,(H,10,11)(H,12,13)/t5-,6+. The van der Waals surface area contributed by atoms with E-state index in [-0.39, 0.29) is 12.1 Å². The van der Waals surface area contributed by atoms with Crippen molar-refractivity contribution < 1.29 is 32.3 Å². The smallest absolute Gasteiger partial charge is 0.302 e. The lowest BCUT2D eigenvalue weighted by Crippen LogP contribution is -2.55. The molecule has 2 aliphatic heterocycles. The predicted octanol–water partition coefficient (Wildman–Crippen LogP) is 0.366. The van der Waals surface area contributed by atoms with Crippen LogP contribution in [0.2, 0.25) is 0 Å². The molecule has 4 atom stereocenters. The summed E-state index contributed by atoms with van der Waals surface area (Å²) in [6.45, 7) is 0. The Balaban J connectivity index is 1.87. The van der Waals surface area contributed by atoms with Crippen molar-refractivity contribution in [1.29, 1.82) is 0 Å². The Morgan fingerprint density at radius 3 is 1.89 bits per heavy atom. The lowest BCUT2D eigenvalue weighted by atomic mass is 9.92. The van der Waals surface area contributed by atoms with Crippen LogP contribution in [0.3, 0.4) is 0 Å². The van der Waals surface area contributed by atoms with Crippen molar-refractivity contribution in [3.8, 4) is 0 Å². The zero-order valence-electron chi connectivity index (χ0n) is 9.31. The maximum Gasteiger partial charge on any atom is 0.485 e. The van der Waals surface area contributed by atoms with Gasteiger partial charge in [0.25, 0.3) is 0 Å². The molecule has 0 aromatic carbocycles. The highest BCUT2D eigenvalue weighted by molar-refractivity contribution is 7.61. The summed E-state index contributed by atoms with van der Waals surface area (Å²) >= 11 is 0.